The first-order chi connectivity index (χ1) is 14.6. The Morgan fingerprint density at radius 3 is 2.27 bits per heavy atom. The van der Waals surface area contributed by atoms with Crippen LogP contribution >= 0.6 is 0 Å². The van der Waals surface area contributed by atoms with E-state index in [1.807, 2.05) is 6.20 Å². The molecule has 152 valence electrons. The molecule has 30 heavy (non-hydrogen) atoms. The largest absolute Gasteiger partial charge is 0.369 e. The SMILES string of the molecule is Cc1ccc(-c2c[nH]c3ncc(-c4ccc(N5CCN(C)CC5)cc4)cc23)cc1C. The standard InChI is InChI=1S/C26H28N4/c1-18-4-5-21(14-19(18)2)25-17-28-26-24(25)15-22(16-27-26)20-6-8-23(9-7-20)30-12-10-29(3)11-13-30/h4-9,14-17H,10-13H2,1-3H3,(H,27,28). The van der Waals surface area contributed by atoms with E-state index in [0.717, 1.165) is 37.4 Å². The summed E-state index contributed by atoms with van der Waals surface area (Å²) in [5, 5.41) is 1.17. The summed E-state index contributed by atoms with van der Waals surface area (Å²) in [6, 6.07) is 17.8. The molecule has 1 saturated heterocycles. The van der Waals surface area contributed by atoms with Gasteiger partial charge in [0.25, 0.3) is 0 Å². The third-order valence-electron chi connectivity index (χ3n) is 6.42. The Morgan fingerprint density at radius 2 is 1.53 bits per heavy atom. The highest BCUT2D eigenvalue weighted by Gasteiger charge is 2.14. The summed E-state index contributed by atoms with van der Waals surface area (Å²) in [4.78, 5) is 12.9. The van der Waals surface area contributed by atoms with Gasteiger partial charge in [-0.25, -0.2) is 4.98 Å². The Bertz CT molecular complexity index is 1180. The normalized spacial score (nSPS) is 15.1. The van der Waals surface area contributed by atoms with Gasteiger partial charge in [-0.15, -0.1) is 0 Å². The highest BCUT2D eigenvalue weighted by Crippen LogP contribution is 2.32. The van der Waals surface area contributed by atoms with Crippen molar-refractivity contribution in [3.8, 4) is 22.3 Å². The van der Waals surface area contributed by atoms with Crippen LogP contribution in [0.5, 0.6) is 0 Å². The number of rotatable bonds is 3. The maximum absolute atomic E-state index is 4.69. The molecule has 3 heterocycles. The van der Waals surface area contributed by atoms with Gasteiger partial charge in [-0.3, -0.25) is 0 Å². The van der Waals surface area contributed by atoms with Crippen LogP contribution in [-0.4, -0.2) is 48.1 Å². The Hall–Kier alpha value is -3.11. The van der Waals surface area contributed by atoms with Gasteiger partial charge in [-0.1, -0.05) is 30.3 Å². The molecule has 4 aromatic rings. The van der Waals surface area contributed by atoms with Gasteiger partial charge in [0.1, 0.15) is 5.65 Å². The van der Waals surface area contributed by atoms with Crippen LogP contribution in [-0.2, 0) is 0 Å². The Morgan fingerprint density at radius 1 is 0.800 bits per heavy atom. The molecule has 0 amide bonds. The molecule has 0 spiro atoms. The number of pyridine rings is 1. The molecule has 4 heteroatoms. The van der Waals surface area contributed by atoms with Gasteiger partial charge in [-0.05, 0) is 61.3 Å². The Balaban J connectivity index is 1.47. The number of fused-ring (bicyclic) bond motifs is 1. The summed E-state index contributed by atoms with van der Waals surface area (Å²) < 4.78 is 0. The summed E-state index contributed by atoms with van der Waals surface area (Å²) in [7, 11) is 2.19. The van der Waals surface area contributed by atoms with Crippen molar-refractivity contribution in [1.29, 1.82) is 0 Å². The fourth-order valence-electron chi connectivity index (χ4n) is 4.24. The lowest BCUT2D eigenvalue weighted by atomic mass is 9.99. The fourth-order valence-corrected chi connectivity index (χ4v) is 4.24. The van der Waals surface area contributed by atoms with Gasteiger partial charge in [0, 0.05) is 60.8 Å². The third kappa shape index (κ3) is 3.48. The van der Waals surface area contributed by atoms with E-state index >= 15 is 0 Å². The first kappa shape index (κ1) is 18.9. The number of H-pyrrole nitrogens is 1. The number of nitrogens with one attached hydrogen (secondary N) is 1. The van der Waals surface area contributed by atoms with Crippen LogP contribution in [0.25, 0.3) is 33.3 Å². The van der Waals surface area contributed by atoms with Crippen molar-refractivity contribution < 1.29 is 0 Å². The summed E-state index contributed by atoms with van der Waals surface area (Å²) in [6.07, 6.45) is 4.04. The van der Waals surface area contributed by atoms with E-state index < -0.39 is 0 Å². The lowest BCUT2D eigenvalue weighted by Gasteiger charge is -2.34. The monoisotopic (exact) mass is 396 g/mol. The topological polar surface area (TPSA) is 35.2 Å². The van der Waals surface area contributed by atoms with Crippen LogP contribution in [0.1, 0.15) is 11.1 Å². The molecule has 2 aromatic heterocycles. The van der Waals surface area contributed by atoms with Crippen molar-refractivity contribution in [3.05, 3.63) is 72.1 Å². The minimum absolute atomic E-state index is 0.932. The minimum Gasteiger partial charge on any atom is -0.369 e. The Kier molecular flexibility index (Phi) is 4.80. The molecule has 1 N–H and O–H groups in total. The molecule has 0 aliphatic carbocycles. The number of nitrogens with zero attached hydrogens (tertiary/aromatic N) is 3. The molecule has 0 atom stereocenters. The van der Waals surface area contributed by atoms with Gasteiger partial charge in [0.05, 0.1) is 0 Å². The molecule has 5 rings (SSSR count). The summed E-state index contributed by atoms with van der Waals surface area (Å²) >= 11 is 0. The highest BCUT2D eigenvalue weighted by atomic mass is 15.2. The van der Waals surface area contributed by atoms with Crippen LogP contribution in [0.4, 0.5) is 5.69 Å². The molecule has 0 unspecified atom stereocenters. The number of piperazine rings is 1. The molecule has 1 aliphatic heterocycles. The van der Waals surface area contributed by atoms with E-state index in [1.54, 1.807) is 0 Å². The smallest absolute Gasteiger partial charge is 0.137 e. The number of likely N-dealkylation sites (N-methyl/N-ethyl adjacent to an activating group) is 1. The second kappa shape index (κ2) is 7.62. The van der Waals surface area contributed by atoms with Crippen molar-refractivity contribution >= 4 is 16.7 Å². The first-order valence-corrected chi connectivity index (χ1v) is 10.7. The number of hydrogen-bond donors (Lipinski definition) is 1. The highest BCUT2D eigenvalue weighted by molar-refractivity contribution is 5.96. The van der Waals surface area contributed by atoms with Crippen LogP contribution in [0.2, 0.25) is 0 Å². The molecule has 4 nitrogen and oxygen atoms in total. The van der Waals surface area contributed by atoms with Gasteiger partial charge in [0.15, 0.2) is 0 Å². The van der Waals surface area contributed by atoms with Crippen LogP contribution in [0.3, 0.4) is 0 Å². The van der Waals surface area contributed by atoms with E-state index in [1.165, 1.54) is 38.9 Å². The van der Waals surface area contributed by atoms with Gasteiger partial charge in [-0.2, -0.15) is 0 Å². The third-order valence-corrected chi connectivity index (χ3v) is 6.42. The van der Waals surface area contributed by atoms with Crippen LogP contribution in [0.15, 0.2) is 60.9 Å². The lowest BCUT2D eigenvalue weighted by molar-refractivity contribution is 0.313. The predicted octanol–water partition coefficient (Wildman–Crippen LogP) is 5.27. The number of aromatic nitrogens is 2. The molecular formula is C26H28N4. The summed E-state index contributed by atoms with van der Waals surface area (Å²) in [5.74, 6) is 0. The first-order valence-electron chi connectivity index (χ1n) is 10.7. The zero-order chi connectivity index (χ0) is 20.7. The van der Waals surface area contributed by atoms with Crippen molar-refractivity contribution in [1.82, 2.24) is 14.9 Å². The molecule has 0 saturated carbocycles. The molecule has 1 aliphatic rings. The molecule has 0 radical (unpaired) electrons. The number of hydrogen-bond acceptors (Lipinski definition) is 3. The van der Waals surface area contributed by atoms with E-state index in [0.29, 0.717) is 0 Å². The fraction of sp³-hybridized carbons (Fsp3) is 0.269. The van der Waals surface area contributed by atoms with E-state index in [4.69, 9.17) is 4.98 Å². The van der Waals surface area contributed by atoms with Gasteiger partial charge < -0.3 is 14.8 Å². The number of benzene rings is 2. The van der Waals surface area contributed by atoms with Crippen molar-refractivity contribution in [2.75, 3.05) is 38.1 Å². The van der Waals surface area contributed by atoms with E-state index in [-0.39, 0.29) is 0 Å². The Labute approximate surface area is 178 Å². The second-order valence-corrected chi connectivity index (χ2v) is 8.46. The summed E-state index contributed by atoms with van der Waals surface area (Å²) in [5.41, 5.74) is 9.65. The van der Waals surface area contributed by atoms with Crippen LogP contribution < -0.4 is 4.90 Å². The second-order valence-electron chi connectivity index (χ2n) is 8.46. The molecule has 2 aromatic carbocycles. The molecule has 0 bridgehead atoms. The molecule has 1 fully saturated rings. The minimum atomic E-state index is 0.932. The van der Waals surface area contributed by atoms with Gasteiger partial charge >= 0.3 is 0 Å². The quantitative estimate of drug-likeness (QED) is 0.513. The number of aryl methyl sites for hydroxylation is 2. The van der Waals surface area contributed by atoms with E-state index in [9.17, 15) is 0 Å². The number of aromatic amines is 1. The van der Waals surface area contributed by atoms with Crippen molar-refractivity contribution in [2.45, 2.75) is 13.8 Å². The van der Waals surface area contributed by atoms with Gasteiger partial charge in [0.2, 0.25) is 0 Å². The summed E-state index contributed by atoms with van der Waals surface area (Å²) in [6.45, 7) is 8.74. The zero-order valence-electron chi connectivity index (χ0n) is 17.9. The lowest BCUT2D eigenvalue weighted by Crippen LogP contribution is -2.44. The predicted molar refractivity (Wildman–Crippen MR) is 126 cm³/mol. The average molecular weight is 397 g/mol. The van der Waals surface area contributed by atoms with Crippen molar-refractivity contribution in [3.63, 3.8) is 0 Å². The maximum Gasteiger partial charge on any atom is 0.137 e. The average Bonchev–Trinajstić information content (AvgIpc) is 3.20. The van der Waals surface area contributed by atoms with Crippen LogP contribution in [0, 0.1) is 13.8 Å². The number of anilines is 1. The molecular weight excluding hydrogens is 368 g/mol. The maximum atomic E-state index is 4.69. The zero-order valence-corrected chi connectivity index (χ0v) is 17.9. The van der Waals surface area contributed by atoms with Crippen molar-refractivity contribution in [2.24, 2.45) is 0 Å². The van der Waals surface area contributed by atoms with E-state index in [2.05, 4.69) is 90.4 Å².